The average Bonchev–Trinajstić information content (AvgIpc) is 3.01. The van der Waals surface area contributed by atoms with Crippen LogP contribution in [0.5, 0.6) is 0 Å². The maximum Gasteiger partial charge on any atom is 0.0591 e. The zero-order valence-electron chi connectivity index (χ0n) is 10.6. The molecule has 0 aromatic heterocycles. The van der Waals surface area contributed by atoms with Crippen LogP contribution in [-0.4, -0.2) is 39.4 Å². The van der Waals surface area contributed by atoms with E-state index in [1.165, 1.54) is 38.8 Å². The molecule has 1 heterocycles. The molecular weight excluding hydrogens is 200 g/mol. The highest BCUT2D eigenvalue weighted by molar-refractivity contribution is 4.88. The Hall–Kier alpha value is -0.120. The lowest BCUT2D eigenvalue weighted by atomic mass is 9.84. The van der Waals surface area contributed by atoms with Crippen LogP contribution in [0.2, 0.25) is 0 Å². The van der Waals surface area contributed by atoms with Crippen LogP contribution in [0.15, 0.2) is 0 Å². The van der Waals surface area contributed by atoms with E-state index in [0.29, 0.717) is 5.41 Å². The summed E-state index contributed by atoms with van der Waals surface area (Å²) in [4.78, 5) is 0. The van der Waals surface area contributed by atoms with Crippen LogP contribution in [0.4, 0.5) is 0 Å². The van der Waals surface area contributed by atoms with Crippen molar-refractivity contribution in [2.75, 3.05) is 39.4 Å². The molecule has 0 amide bonds. The minimum absolute atomic E-state index is 0.510. The Bertz CT molecular complexity index is 198. The molecule has 1 saturated heterocycles. The van der Waals surface area contributed by atoms with E-state index >= 15 is 0 Å². The van der Waals surface area contributed by atoms with Gasteiger partial charge >= 0.3 is 0 Å². The Labute approximate surface area is 99.3 Å². The summed E-state index contributed by atoms with van der Waals surface area (Å²) in [6, 6.07) is 0. The van der Waals surface area contributed by atoms with Crippen LogP contribution in [0.1, 0.15) is 32.6 Å². The Morgan fingerprint density at radius 3 is 2.94 bits per heavy atom. The Kier molecular flexibility index (Phi) is 4.62. The van der Waals surface area contributed by atoms with Crippen molar-refractivity contribution in [3.63, 3.8) is 0 Å². The number of nitrogens with one attached hydrogen (secondary N) is 2. The van der Waals surface area contributed by atoms with E-state index in [4.69, 9.17) is 4.74 Å². The van der Waals surface area contributed by atoms with Gasteiger partial charge in [-0.2, -0.15) is 0 Å². The van der Waals surface area contributed by atoms with E-state index < -0.39 is 0 Å². The van der Waals surface area contributed by atoms with Crippen molar-refractivity contribution < 1.29 is 4.74 Å². The van der Waals surface area contributed by atoms with Crippen molar-refractivity contribution in [3.05, 3.63) is 0 Å². The monoisotopic (exact) mass is 226 g/mol. The topological polar surface area (TPSA) is 33.3 Å². The maximum atomic E-state index is 5.61. The van der Waals surface area contributed by atoms with E-state index in [2.05, 4.69) is 17.6 Å². The first-order valence-corrected chi connectivity index (χ1v) is 6.84. The third-order valence-corrected chi connectivity index (χ3v) is 4.06. The summed E-state index contributed by atoms with van der Waals surface area (Å²) in [6.45, 7) is 8.69. The summed E-state index contributed by atoms with van der Waals surface area (Å²) in [6.07, 6.45) is 5.37. The lowest BCUT2D eigenvalue weighted by molar-refractivity contribution is 0.123. The summed E-state index contributed by atoms with van der Waals surface area (Å²) >= 11 is 0. The summed E-state index contributed by atoms with van der Waals surface area (Å²) in [5, 5.41) is 7.02. The van der Waals surface area contributed by atoms with Gasteiger partial charge in [0.15, 0.2) is 0 Å². The molecular formula is C13H26N2O. The molecule has 1 unspecified atom stereocenters. The normalized spacial score (nSPS) is 29.8. The number of rotatable bonds is 8. The van der Waals surface area contributed by atoms with E-state index in [-0.39, 0.29) is 0 Å². The maximum absolute atomic E-state index is 5.61. The fourth-order valence-electron chi connectivity index (χ4n) is 2.41. The van der Waals surface area contributed by atoms with Gasteiger partial charge in [0, 0.05) is 26.2 Å². The third kappa shape index (κ3) is 3.72. The predicted octanol–water partition coefficient (Wildman–Crippen LogP) is 1.39. The molecule has 2 N–H and O–H groups in total. The minimum atomic E-state index is 0.510. The van der Waals surface area contributed by atoms with Crippen LogP contribution >= 0.6 is 0 Å². The van der Waals surface area contributed by atoms with E-state index in [0.717, 1.165) is 32.2 Å². The molecule has 16 heavy (non-hydrogen) atoms. The average molecular weight is 226 g/mol. The predicted molar refractivity (Wildman–Crippen MR) is 66.6 cm³/mol. The molecule has 0 aromatic rings. The van der Waals surface area contributed by atoms with Crippen molar-refractivity contribution in [2.24, 2.45) is 11.3 Å². The molecule has 0 aromatic carbocycles. The van der Waals surface area contributed by atoms with Gasteiger partial charge in [-0.05, 0) is 43.6 Å². The molecule has 94 valence electrons. The number of ether oxygens (including phenoxy) is 1. The van der Waals surface area contributed by atoms with Crippen LogP contribution in [0.3, 0.4) is 0 Å². The lowest BCUT2D eigenvalue weighted by Gasteiger charge is -2.26. The van der Waals surface area contributed by atoms with E-state index in [1.54, 1.807) is 0 Å². The second-order valence-electron chi connectivity index (χ2n) is 5.48. The first kappa shape index (κ1) is 12.3. The minimum Gasteiger partial charge on any atom is -0.380 e. The van der Waals surface area contributed by atoms with E-state index in [9.17, 15) is 0 Å². The molecule has 0 spiro atoms. The molecule has 2 rings (SSSR count). The van der Waals surface area contributed by atoms with Gasteiger partial charge in [-0.3, -0.25) is 0 Å². The fraction of sp³-hybridized carbons (Fsp3) is 1.00. The molecule has 1 aliphatic heterocycles. The number of hydrogen-bond donors (Lipinski definition) is 2. The molecule has 1 aliphatic carbocycles. The van der Waals surface area contributed by atoms with Crippen LogP contribution in [0.25, 0.3) is 0 Å². The molecule has 1 saturated carbocycles. The quantitative estimate of drug-likeness (QED) is 0.614. The van der Waals surface area contributed by atoms with Gasteiger partial charge in [0.2, 0.25) is 0 Å². The SMILES string of the molecule is CCC1(CNCCOCC2CC2)CCNC1. The zero-order chi connectivity index (χ0) is 11.3. The second kappa shape index (κ2) is 5.99. The summed E-state index contributed by atoms with van der Waals surface area (Å²) in [5.41, 5.74) is 0.510. The van der Waals surface area contributed by atoms with Crippen molar-refractivity contribution >= 4 is 0 Å². The summed E-state index contributed by atoms with van der Waals surface area (Å²) in [5.74, 6) is 0.890. The van der Waals surface area contributed by atoms with Crippen molar-refractivity contribution in [1.29, 1.82) is 0 Å². The van der Waals surface area contributed by atoms with Crippen molar-refractivity contribution in [2.45, 2.75) is 32.6 Å². The van der Waals surface area contributed by atoms with Gasteiger partial charge in [-0.25, -0.2) is 0 Å². The van der Waals surface area contributed by atoms with Gasteiger partial charge < -0.3 is 15.4 Å². The molecule has 0 bridgehead atoms. The standard InChI is InChI=1S/C13H26N2O/c1-2-13(5-6-14-10-13)11-15-7-8-16-9-12-3-4-12/h12,14-15H,2-11H2,1H3. The molecule has 3 nitrogen and oxygen atoms in total. The summed E-state index contributed by atoms with van der Waals surface area (Å²) in [7, 11) is 0. The smallest absolute Gasteiger partial charge is 0.0591 e. The molecule has 1 atom stereocenters. The van der Waals surface area contributed by atoms with Crippen LogP contribution < -0.4 is 10.6 Å². The van der Waals surface area contributed by atoms with Gasteiger partial charge in [0.1, 0.15) is 0 Å². The Morgan fingerprint density at radius 2 is 2.31 bits per heavy atom. The van der Waals surface area contributed by atoms with Crippen molar-refractivity contribution in [1.82, 2.24) is 10.6 Å². The second-order valence-corrected chi connectivity index (χ2v) is 5.48. The molecule has 0 radical (unpaired) electrons. The highest BCUT2D eigenvalue weighted by atomic mass is 16.5. The van der Waals surface area contributed by atoms with E-state index in [1.807, 2.05) is 0 Å². The fourth-order valence-corrected chi connectivity index (χ4v) is 2.41. The van der Waals surface area contributed by atoms with Crippen LogP contribution in [0, 0.1) is 11.3 Å². The van der Waals surface area contributed by atoms with Gasteiger partial charge in [0.05, 0.1) is 6.61 Å². The highest BCUT2D eigenvalue weighted by Gasteiger charge is 2.31. The Morgan fingerprint density at radius 1 is 1.44 bits per heavy atom. The zero-order valence-corrected chi connectivity index (χ0v) is 10.6. The lowest BCUT2D eigenvalue weighted by Crippen LogP contribution is -2.37. The number of hydrogen-bond acceptors (Lipinski definition) is 3. The van der Waals surface area contributed by atoms with Gasteiger partial charge in [0.25, 0.3) is 0 Å². The molecule has 2 aliphatic rings. The van der Waals surface area contributed by atoms with Crippen LogP contribution in [-0.2, 0) is 4.74 Å². The van der Waals surface area contributed by atoms with Crippen molar-refractivity contribution in [3.8, 4) is 0 Å². The Balaban J connectivity index is 1.49. The first-order chi connectivity index (χ1) is 7.85. The highest BCUT2D eigenvalue weighted by Crippen LogP contribution is 2.29. The van der Waals surface area contributed by atoms with Gasteiger partial charge in [-0.1, -0.05) is 6.92 Å². The molecule has 2 fully saturated rings. The third-order valence-electron chi connectivity index (χ3n) is 4.06. The molecule has 3 heteroatoms. The van der Waals surface area contributed by atoms with Gasteiger partial charge in [-0.15, -0.1) is 0 Å². The largest absolute Gasteiger partial charge is 0.380 e. The summed E-state index contributed by atoms with van der Waals surface area (Å²) < 4.78 is 5.61. The first-order valence-electron chi connectivity index (χ1n) is 6.84.